The van der Waals surface area contributed by atoms with Crippen LogP contribution in [0.3, 0.4) is 0 Å². The zero-order valence-corrected chi connectivity index (χ0v) is 13.1. The van der Waals surface area contributed by atoms with Gasteiger partial charge in [0.05, 0.1) is 5.41 Å². The smallest absolute Gasteiger partial charge is 0.310 e. The van der Waals surface area contributed by atoms with Gasteiger partial charge in [-0.15, -0.1) is 0 Å². The minimum absolute atomic E-state index is 0.0353. The first-order chi connectivity index (χ1) is 9.36. The van der Waals surface area contributed by atoms with Gasteiger partial charge in [-0.2, -0.15) is 0 Å². The number of rotatable bonds is 8. The molecule has 2 N–H and O–H groups in total. The van der Waals surface area contributed by atoms with Crippen LogP contribution in [0.5, 0.6) is 0 Å². The van der Waals surface area contributed by atoms with Crippen LogP contribution < -0.4 is 5.32 Å². The zero-order valence-electron chi connectivity index (χ0n) is 13.1. The van der Waals surface area contributed by atoms with E-state index in [4.69, 9.17) is 5.11 Å². The summed E-state index contributed by atoms with van der Waals surface area (Å²) in [7, 11) is 0. The molecule has 1 unspecified atom stereocenters. The minimum Gasteiger partial charge on any atom is -0.481 e. The highest BCUT2D eigenvalue weighted by molar-refractivity contribution is 5.80. The summed E-state index contributed by atoms with van der Waals surface area (Å²) in [6.07, 6.45) is 7.92. The van der Waals surface area contributed by atoms with E-state index in [2.05, 4.69) is 12.2 Å². The van der Waals surface area contributed by atoms with Gasteiger partial charge in [0.1, 0.15) is 0 Å². The molecule has 1 fully saturated rings. The van der Waals surface area contributed by atoms with Crippen LogP contribution in [0.4, 0.5) is 0 Å². The van der Waals surface area contributed by atoms with Crippen LogP contribution in [0.1, 0.15) is 65.7 Å². The number of carboxylic acids is 1. The van der Waals surface area contributed by atoms with Crippen LogP contribution in [0.25, 0.3) is 0 Å². The van der Waals surface area contributed by atoms with Crippen molar-refractivity contribution >= 4 is 11.9 Å². The number of carbonyl (C=O) groups is 2. The first kappa shape index (κ1) is 17.0. The maximum absolute atomic E-state index is 12.3. The van der Waals surface area contributed by atoms with E-state index >= 15 is 0 Å². The van der Waals surface area contributed by atoms with Crippen molar-refractivity contribution in [3.05, 3.63) is 0 Å². The minimum atomic E-state index is -0.903. The Hall–Kier alpha value is -1.06. The first-order valence-corrected chi connectivity index (χ1v) is 7.88. The van der Waals surface area contributed by atoms with Gasteiger partial charge in [-0.3, -0.25) is 9.59 Å². The first-order valence-electron chi connectivity index (χ1n) is 7.88. The van der Waals surface area contributed by atoms with E-state index in [1.54, 1.807) is 13.8 Å². The standard InChI is InChI=1S/C16H29NO3/c1-4-7-13(10-12-8-5-6-9-12)14(18)17-11-16(2,3)15(19)20/h12-13H,4-11H2,1-3H3,(H,17,18)(H,19,20). The lowest BCUT2D eigenvalue weighted by Crippen LogP contribution is -2.41. The van der Waals surface area contributed by atoms with E-state index in [0.29, 0.717) is 5.92 Å². The Morgan fingerprint density at radius 2 is 1.90 bits per heavy atom. The Balaban J connectivity index is 2.48. The average molecular weight is 283 g/mol. The summed E-state index contributed by atoms with van der Waals surface area (Å²) in [6.45, 7) is 5.57. The molecule has 0 spiro atoms. The third-order valence-corrected chi connectivity index (χ3v) is 4.38. The predicted octanol–water partition coefficient (Wildman–Crippen LogP) is 3.21. The third-order valence-electron chi connectivity index (χ3n) is 4.38. The van der Waals surface area contributed by atoms with Gasteiger partial charge in [-0.05, 0) is 32.6 Å². The zero-order chi connectivity index (χ0) is 15.2. The van der Waals surface area contributed by atoms with Gasteiger partial charge in [0.2, 0.25) is 5.91 Å². The normalized spacial score (nSPS) is 17.9. The second kappa shape index (κ2) is 7.65. The monoisotopic (exact) mass is 283 g/mol. The van der Waals surface area contributed by atoms with E-state index in [9.17, 15) is 9.59 Å². The topological polar surface area (TPSA) is 66.4 Å². The SMILES string of the molecule is CCCC(CC1CCCC1)C(=O)NCC(C)(C)C(=O)O. The molecule has 4 heteroatoms. The van der Waals surface area contributed by atoms with Crippen LogP contribution in [-0.4, -0.2) is 23.5 Å². The van der Waals surface area contributed by atoms with E-state index in [1.807, 2.05) is 0 Å². The van der Waals surface area contributed by atoms with Crippen molar-refractivity contribution in [2.75, 3.05) is 6.54 Å². The average Bonchev–Trinajstić information content (AvgIpc) is 2.88. The summed E-state index contributed by atoms with van der Waals surface area (Å²) < 4.78 is 0. The molecule has 1 aliphatic carbocycles. The number of carboxylic acid groups (broad SMARTS) is 1. The van der Waals surface area contributed by atoms with Crippen molar-refractivity contribution in [3.8, 4) is 0 Å². The number of amides is 1. The number of hydrogen-bond acceptors (Lipinski definition) is 2. The molecule has 0 radical (unpaired) electrons. The Kier molecular flexibility index (Phi) is 6.50. The lowest BCUT2D eigenvalue weighted by atomic mass is 9.88. The Bertz CT molecular complexity index is 333. The second-order valence-electron chi connectivity index (χ2n) is 6.78. The molecule has 0 aliphatic heterocycles. The van der Waals surface area contributed by atoms with Crippen molar-refractivity contribution in [1.82, 2.24) is 5.32 Å². The van der Waals surface area contributed by atoms with Crippen LogP contribution in [0, 0.1) is 17.3 Å². The highest BCUT2D eigenvalue weighted by Crippen LogP contribution is 2.31. The van der Waals surface area contributed by atoms with Crippen molar-refractivity contribution in [2.45, 2.75) is 65.7 Å². The number of carbonyl (C=O) groups excluding carboxylic acids is 1. The van der Waals surface area contributed by atoms with Gasteiger partial charge in [0.25, 0.3) is 0 Å². The fraction of sp³-hybridized carbons (Fsp3) is 0.875. The molecular weight excluding hydrogens is 254 g/mol. The molecule has 4 nitrogen and oxygen atoms in total. The van der Waals surface area contributed by atoms with Crippen molar-refractivity contribution < 1.29 is 14.7 Å². The molecule has 0 heterocycles. The van der Waals surface area contributed by atoms with Crippen LogP contribution in [0.15, 0.2) is 0 Å². The molecule has 1 aliphatic rings. The maximum atomic E-state index is 12.3. The number of hydrogen-bond donors (Lipinski definition) is 2. The third kappa shape index (κ3) is 5.14. The number of nitrogens with one attached hydrogen (secondary N) is 1. The van der Waals surface area contributed by atoms with E-state index < -0.39 is 11.4 Å². The number of aliphatic carboxylic acids is 1. The molecule has 20 heavy (non-hydrogen) atoms. The highest BCUT2D eigenvalue weighted by atomic mass is 16.4. The summed E-state index contributed by atoms with van der Waals surface area (Å²) >= 11 is 0. The summed E-state index contributed by atoms with van der Waals surface area (Å²) in [4.78, 5) is 23.3. The van der Waals surface area contributed by atoms with E-state index in [1.165, 1.54) is 25.7 Å². The molecule has 0 aromatic heterocycles. The molecule has 0 aromatic rings. The van der Waals surface area contributed by atoms with Gasteiger partial charge in [-0.1, -0.05) is 39.0 Å². The fourth-order valence-corrected chi connectivity index (χ4v) is 2.88. The van der Waals surface area contributed by atoms with Gasteiger partial charge < -0.3 is 10.4 Å². The Morgan fingerprint density at radius 1 is 1.30 bits per heavy atom. The van der Waals surface area contributed by atoms with Crippen LogP contribution >= 0.6 is 0 Å². The van der Waals surface area contributed by atoms with Gasteiger partial charge in [-0.25, -0.2) is 0 Å². The lowest BCUT2D eigenvalue weighted by Gasteiger charge is -2.23. The Morgan fingerprint density at radius 3 is 2.40 bits per heavy atom. The molecule has 1 saturated carbocycles. The molecule has 1 amide bonds. The Labute approximate surface area is 122 Å². The van der Waals surface area contributed by atoms with Crippen LogP contribution in [-0.2, 0) is 9.59 Å². The van der Waals surface area contributed by atoms with E-state index in [0.717, 1.165) is 19.3 Å². The van der Waals surface area contributed by atoms with Crippen molar-refractivity contribution in [2.24, 2.45) is 17.3 Å². The molecule has 0 bridgehead atoms. The summed E-state index contributed by atoms with van der Waals surface area (Å²) in [5.41, 5.74) is -0.903. The fourth-order valence-electron chi connectivity index (χ4n) is 2.88. The predicted molar refractivity (Wildman–Crippen MR) is 79.4 cm³/mol. The van der Waals surface area contributed by atoms with E-state index in [-0.39, 0.29) is 18.4 Å². The van der Waals surface area contributed by atoms with Gasteiger partial charge in [0.15, 0.2) is 0 Å². The largest absolute Gasteiger partial charge is 0.481 e. The highest BCUT2D eigenvalue weighted by Gasteiger charge is 2.30. The molecule has 0 aromatic carbocycles. The summed E-state index contributed by atoms with van der Waals surface area (Å²) in [5.74, 6) is -0.105. The lowest BCUT2D eigenvalue weighted by molar-refractivity contribution is -0.146. The summed E-state index contributed by atoms with van der Waals surface area (Å²) in [6, 6.07) is 0. The molecule has 1 rings (SSSR count). The maximum Gasteiger partial charge on any atom is 0.310 e. The molecule has 0 saturated heterocycles. The van der Waals surface area contributed by atoms with Crippen molar-refractivity contribution in [3.63, 3.8) is 0 Å². The summed E-state index contributed by atoms with van der Waals surface area (Å²) in [5, 5.41) is 11.9. The molecule has 1 atom stereocenters. The van der Waals surface area contributed by atoms with Crippen molar-refractivity contribution in [1.29, 1.82) is 0 Å². The molecule has 116 valence electrons. The van der Waals surface area contributed by atoms with Gasteiger partial charge in [0, 0.05) is 12.5 Å². The van der Waals surface area contributed by atoms with Gasteiger partial charge >= 0.3 is 5.97 Å². The second-order valence-corrected chi connectivity index (χ2v) is 6.78. The quantitative estimate of drug-likeness (QED) is 0.719. The molecular formula is C16H29NO3. The van der Waals surface area contributed by atoms with Crippen LogP contribution in [0.2, 0.25) is 0 Å².